The van der Waals surface area contributed by atoms with Gasteiger partial charge in [0.1, 0.15) is 5.78 Å². The summed E-state index contributed by atoms with van der Waals surface area (Å²) >= 11 is 0. The Morgan fingerprint density at radius 1 is 0.778 bits per heavy atom. The Morgan fingerprint density at radius 2 is 1.17 bits per heavy atom. The molecule has 0 bridgehead atoms. The van der Waals surface area contributed by atoms with Gasteiger partial charge in [-0.15, -0.1) is 0 Å². The smallest absolute Gasteiger partial charge is 0.133 e. The number of ketones is 1. The number of unbranched alkanes of at least 4 members (excludes halogenated alkanes) is 4. The van der Waals surface area contributed by atoms with Crippen molar-refractivity contribution in [2.24, 2.45) is 11.8 Å². The van der Waals surface area contributed by atoms with Crippen molar-refractivity contribution in [2.75, 3.05) is 0 Å². The molecular formula is C17H34O. The molecule has 18 heavy (non-hydrogen) atoms. The Kier molecular flexibility index (Phi) is 11.5. The molecular weight excluding hydrogens is 220 g/mol. The quantitative estimate of drug-likeness (QED) is 0.404. The Morgan fingerprint density at radius 3 is 1.50 bits per heavy atom. The monoisotopic (exact) mass is 254 g/mol. The van der Waals surface area contributed by atoms with Gasteiger partial charge in [0.15, 0.2) is 0 Å². The zero-order valence-corrected chi connectivity index (χ0v) is 13.1. The van der Waals surface area contributed by atoms with E-state index in [-0.39, 0.29) is 0 Å². The maximum atomic E-state index is 11.9. The van der Waals surface area contributed by atoms with Crippen molar-refractivity contribution in [1.29, 1.82) is 0 Å². The minimum atomic E-state index is 0.489. The first-order valence-electron chi connectivity index (χ1n) is 8.11. The first-order valence-corrected chi connectivity index (χ1v) is 8.11. The van der Waals surface area contributed by atoms with Crippen molar-refractivity contribution in [3.8, 4) is 0 Å². The maximum Gasteiger partial charge on any atom is 0.133 e. The third-order valence-electron chi connectivity index (χ3n) is 3.75. The zero-order valence-electron chi connectivity index (χ0n) is 13.1. The summed E-state index contributed by atoms with van der Waals surface area (Å²) in [5.74, 6) is 1.67. The van der Waals surface area contributed by atoms with Crippen molar-refractivity contribution < 1.29 is 4.79 Å². The molecule has 0 rings (SSSR count). The average Bonchev–Trinajstić information content (AvgIpc) is 2.29. The fourth-order valence-corrected chi connectivity index (χ4v) is 2.55. The van der Waals surface area contributed by atoms with Gasteiger partial charge in [0.2, 0.25) is 0 Å². The van der Waals surface area contributed by atoms with Gasteiger partial charge in [-0.1, -0.05) is 79.1 Å². The van der Waals surface area contributed by atoms with E-state index in [0.717, 1.165) is 12.8 Å². The Hall–Kier alpha value is -0.330. The zero-order chi connectivity index (χ0) is 13.8. The summed E-state index contributed by atoms with van der Waals surface area (Å²) in [5, 5.41) is 0. The molecule has 0 aromatic rings. The van der Waals surface area contributed by atoms with Gasteiger partial charge in [-0.05, 0) is 11.8 Å². The first kappa shape index (κ1) is 17.7. The fourth-order valence-electron chi connectivity index (χ4n) is 2.55. The minimum absolute atomic E-state index is 0.489. The lowest BCUT2D eigenvalue weighted by atomic mass is 9.91. The van der Waals surface area contributed by atoms with E-state index in [1.165, 1.54) is 51.4 Å². The van der Waals surface area contributed by atoms with E-state index in [4.69, 9.17) is 0 Å². The van der Waals surface area contributed by atoms with Gasteiger partial charge < -0.3 is 0 Å². The number of rotatable bonds is 12. The van der Waals surface area contributed by atoms with Crippen LogP contribution in [0.5, 0.6) is 0 Å². The second-order valence-corrected chi connectivity index (χ2v) is 6.15. The van der Waals surface area contributed by atoms with Crippen LogP contribution in [0.3, 0.4) is 0 Å². The molecule has 0 fully saturated rings. The van der Waals surface area contributed by atoms with Crippen LogP contribution in [0.1, 0.15) is 91.9 Å². The van der Waals surface area contributed by atoms with Gasteiger partial charge in [0.25, 0.3) is 0 Å². The largest absolute Gasteiger partial charge is 0.300 e. The lowest BCUT2D eigenvalue weighted by molar-refractivity contribution is -0.120. The van der Waals surface area contributed by atoms with Crippen LogP contribution < -0.4 is 0 Å². The molecule has 1 nitrogen and oxygen atoms in total. The van der Waals surface area contributed by atoms with E-state index < -0.39 is 0 Å². The topological polar surface area (TPSA) is 17.1 Å². The van der Waals surface area contributed by atoms with Gasteiger partial charge in [-0.25, -0.2) is 0 Å². The molecule has 0 aliphatic carbocycles. The van der Waals surface area contributed by atoms with Gasteiger partial charge in [-0.2, -0.15) is 0 Å². The minimum Gasteiger partial charge on any atom is -0.300 e. The molecule has 108 valence electrons. The lowest BCUT2D eigenvalue weighted by Crippen LogP contribution is -2.10. The highest BCUT2D eigenvalue weighted by Gasteiger charge is 2.12. The predicted molar refractivity (Wildman–Crippen MR) is 80.9 cm³/mol. The SMILES string of the molecule is CCCCCC(C)CC(=O)CC(C)CCCCC. The van der Waals surface area contributed by atoms with Crippen molar-refractivity contribution in [3.05, 3.63) is 0 Å². The van der Waals surface area contributed by atoms with E-state index in [0.29, 0.717) is 17.6 Å². The van der Waals surface area contributed by atoms with Gasteiger partial charge in [0.05, 0.1) is 0 Å². The second-order valence-electron chi connectivity index (χ2n) is 6.15. The van der Waals surface area contributed by atoms with Crippen LogP contribution in [0, 0.1) is 11.8 Å². The molecule has 0 N–H and O–H groups in total. The molecule has 2 atom stereocenters. The number of hydrogen-bond donors (Lipinski definition) is 0. The highest BCUT2D eigenvalue weighted by atomic mass is 16.1. The number of carbonyl (C=O) groups excluding carboxylic acids is 1. The Bertz CT molecular complexity index is 178. The van der Waals surface area contributed by atoms with E-state index in [1.807, 2.05) is 0 Å². The summed E-state index contributed by atoms with van der Waals surface area (Å²) in [6, 6.07) is 0. The van der Waals surface area contributed by atoms with E-state index >= 15 is 0 Å². The molecule has 0 aromatic carbocycles. The van der Waals surface area contributed by atoms with Crippen molar-refractivity contribution >= 4 is 5.78 Å². The molecule has 2 unspecified atom stereocenters. The Labute approximate surface area is 115 Å². The summed E-state index contributed by atoms with van der Waals surface area (Å²) in [6.45, 7) is 8.92. The molecule has 0 saturated carbocycles. The number of Topliss-reactive ketones (excluding diaryl/α,β-unsaturated/α-hetero) is 1. The second kappa shape index (κ2) is 11.7. The summed E-state index contributed by atoms with van der Waals surface area (Å²) in [4.78, 5) is 11.9. The van der Waals surface area contributed by atoms with Gasteiger partial charge in [0, 0.05) is 12.8 Å². The molecule has 0 aliphatic heterocycles. The molecule has 1 heteroatoms. The molecule has 0 spiro atoms. The van der Waals surface area contributed by atoms with Crippen LogP contribution in [0.25, 0.3) is 0 Å². The van der Waals surface area contributed by atoms with Gasteiger partial charge in [-0.3, -0.25) is 4.79 Å². The summed E-state index contributed by atoms with van der Waals surface area (Å²) in [7, 11) is 0. The van der Waals surface area contributed by atoms with Gasteiger partial charge >= 0.3 is 0 Å². The van der Waals surface area contributed by atoms with Crippen LogP contribution in [-0.2, 0) is 4.79 Å². The number of hydrogen-bond acceptors (Lipinski definition) is 1. The van der Waals surface area contributed by atoms with E-state index in [9.17, 15) is 4.79 Å². The fraction of sp³-hybridized carbons (Fsp3) is 0.941. The van der Waals surface area contributed by atoms with Crippen LogP contribution in [-0.4, -0.2) is 5.78 Å². The van der Waals surface area contributed by atoms with Crippen LogP contribution in [0.2, 0.25) is 0 Å². The molecule has 0 radical (unpaired) electrons. The molecule has 0 aromatic heterocycles. The van der Waals surface area contributed by atoms with Crippen molar-refractivity contribution in [2.45, 2.75) is 91.9 Å². The highest BCUT2D eigenvalue weighted by Crippen LogP contribution is 2.18. The summed E-state index contributed by atoms with van der Waals surface area (Å²) in [5.41, 5.74) is 0. The third-order valence-corrected chi connectivity index (χ3v) is 3.75. The maximum absolute atomic E-state index is 11.9. The summed E-state index contributed by atoms with van der Waals surface area (Å²) in [6.07, 6.45) is 11.8. The van der Waals surface area contributed by atoms with E-state index in [2.05, 4.69) is 27.7 Å². The highest BCUT2D eigenvalue weighted by molar-refractivity contribution is 5.78. The molecule has 0 saturated heterocycles. The van der Waals surface area contributed by atoms with Crippen LogP contribution in [0.4, 0.5) is 0 Å². The lowest BCUT2D eigenvalue weighted by Gasteiger charge is -2.13. The Balaban J connectivity index is 3.61. The van der Waals surface area contributed by atoms with E-state index in [1.54, 1.807) is 0 Å². The first-order chi connectivity index (χ1) is 8.60. The van der Waals surface area contributed by atoms with Crippen LogP contribution >= 0.6 is 0 Å². The van der Waals surface area contributed by atoms with Crippen molar-refractivity contribution in [3.63, 3.8) is 0 Å². The average molecular weight is 254 g/mol. The predicted octanol–water partition coefficient (Wildman–Crippen LogP) is 5.77. The molecule has 0 amide bonds. The van der Waals surface area contributed by atoms with Crippen LogP contribution in [0.15, 0.2) is 0 Å². The number of carbonyl (C=O) groups is 1. The standard InChI is InChI=1S/C17H34O/c1-5-7-9-11-15(3)13-17(18)14-16(4)12-10-8-6-2/h15-16H,5-14H2,1-4H3. The summed E-state index contributed by atoms with van der Waals surface area (Å²) < 4.78 is 0. The normalized spacial score (nSPS) is 14.4. The van der Waals surface area contributed by atoms with Crippen molar-refractivity contribution in [1.82, 2.24) is 0 Å². The molecule has 0 heterocycles. The third kappa shape index (κ3) is 10.8. The molecule has 0 aliphatic rings.